The molecular weight excluding hydrogens is 206 g/mol. The summed E-state index contributed by atoms with van der Waals surface area (Å²) in [7, 11) is 2.13. The zero-order chi connectivity index (χ0) is 8.01. The molecule has 0 aromatic carbocycles. The van der Waals surface area contributed by atoms with Gasteiger partial charge in [-0.25, -0.2) is 0 Å². The SMILES string of the molecule is CN1C2CCC1C(Br)C(=O)C2. The molecule has 11 heavy (non-hydrogen) atoms. The number of rotatable bonds is 0. The lowest BCUT2D eigenvalue weighted by Gasteiger charge is -2.33. The predicted octanol–water partition coefficient (Wildman–Crippen LogP) is 1.19. The normalized spacial score (nSPS) is 44.9. The molecule has 0 N–H and O–H groups in total. The van der Waals surface area contributed by atoms with Gasteiger partial charge in [0.05, 0.1) is 4.83 Å². The van der Waals surface area contributed by atoms with E-state index >= 15 is 0 Å². The molecule has 2 aliphatic heterocycles. The summed E-state index contributed by atoms with van der Waals surface area (Å²) in [6.07, 6.45) is 3.14. The molecule has 3 unspecified atom stereocenters. The van der Waals surface area contributed by atoms with Crippen LogP contribution >= 0.6 is 15.9 Å². The number of carbonyl (C=O) groups is 1. The largest absolute Gasteiger partial charge is 0.298 e. The molecule has 2 rings (SSSR count). The average molecular weight is 218 g/mol. The predicted molar refractivity (Wildman–Crippen MR) is 46.9 cm³/mol. The van der Waals surface area contributed by atoms with Gasteiger partial charge in [0.2, 0.25) is 0 Å². The molecule has 0 amide bonds. The maximum Gasteiger partial charge on any atom is 0.149 e. The summed E-state index contributed by atoms with van der Waals surface area (Å²) in [5.41, 5.74) is 0. The van der Waals surface area contributed by atoms with Crippen molar-refractivity contribution in [3.05, 3.63) is 0 Å². The van der Waals surface area contributed by atoms with Crippen LogP contribution in [0.15, 0.2) is 0 Å². The van der Waals surface area contributed by atoms with E-state index in [0.29, 0.717) is 17.9 Å². The third-order valence-corrected chi connectivity index (χ3v) is 4.10. The number of nitrogens with zero attached hydrogens (tertiary/aromatic N) is 1. The van der Waals surface area contributed by atoms with Crippen LogP contribution in [0.1, 0.15) is 19.3 Å². The van der Waals surface area contributed by atoms with E-state index in [1.54, 1.807) is 0 Å². The molecule has 3 atom stereocenters. The van der Waals surface area contributed by atoms with Crippen molar-refractivity contribution in [1.29, 1.82) is 0 Å². The van der Waals surface area contributed by atoms with Crippen molar-refractivity contribution in [2.24, 2.45) is 0 Å². The zero-order valence-corrected chi connectivity index (χ0v) is 8.17. The lowest BCUT2D eigenvalue weighted by atomic mass is 10.0. The second kappa shape index (κ2) is 2.56. The van der Waals surface area contributed by atoms with Crippen LogP contribution in [0.25, 0.3) is 0 Å². The highest BCUT2D eigenvalue weighted by atomic mass is 79.9. The van der Waals surface area contributed by atoms with Gasteiger partial charge in [-0.2, -0.15) is 0 Å². The van der Waals surface area contributed by atoms with Gasteiger partial charge in [-0.15, -0.1) is 0 Å². The van der Waals surface area contributed by atoms with E-state index in [1.807, 2.05) is 0 Å². The fourth-order valence-electron chi connectivity index (χ4n) is 2.20. The third-order valence-electron chi connectivity index (χ3n) is 2.98. The first-order valence-corrected chi connectivity index (χ1v) is 5.00. The molecule has 62 valence electrons. The summed E-state index contributed by atoms with van der Waals surface area (Å²) < 4.78 is 0. The fraction of sp³-hybridized carbons (Fsp3) is 0.875. The fourth-order valence-corrected chi connectivity index (χ4v) is 3.02. The number of alkyl halides is 1. The number of halogens is 1. The summed E-state index contributed by atoms with van der Waals surface area (Å²) >= 11 is 3.46. The van der Waals surface area contributed by atoms with Crippen LogP contribution in [0.5, 0.6) is 0 Å². The third kappa shape index (κ3) is 1.05. The molecule has 0 aliphatic carbocycles. The minimum Gasteiger partial charge on any atom is -0.298 e. The second-order valence-corrected chi connectivity index (χ2v) is 4.52. The van der Waals surface area contributed by atoms with E-state index in [1.165, 1.54) is 12.8 Å². The molecule has 0 radical (unpaired) electrons. The molecule has 2 saturated heterocycles. The number of Topliss-reactive ketones (excluding diaryl/α,β-unsaturated/α-hetero) is 1. The molecule has 2 bridgehead atoms. The van der Waals surface area contributed by atoms with Crippen molar-refractivity contribution in [2.75, 3.05) is 7.05 Å². The smallest absolute Gasteiger partial charge is 0.149 e. The molecule has 0 aromatic rings. The molecule has 0 saturated carbocycles. The second-order valence-electron chi connectivity index (χ2n) is 3.54. The van der Waals surface area contributed by atoms with Gasteiger partial charge >= 0.3 is 0 Å². The molecule has 2 fully saturated rings. The Morgan fingerprint density at radius 2 is 2.27 bits per heavy atom. The van der Waals surface area contributed by atoms with Gasteiger partial charge in [-0.1, -0.05) is 15.9 Å². The van der Waals surface area contributed by atoms with Crippen LogP contribution in [-0.4, -0.2) is 34.6 Å². The van der Waals surface area contributed by atoms with Gasteiger partial charge in [0.1, 0.15) is 5.78 Å². The van der Waals surface area contributed by atoms with Crippen molar-refractivity contribution in [3.63, 3.8) is 0 Å². The topological polar surface area (TPSA) is 20.3 Å². The van der Waals surface area contributed by atoms with Crippen molar-refractivity contribution in [3.8, 4) is 0 Å². The summed E-state index contributed by atoms with van der Waals surface area (Å²) in [5.74, 6) is 0.399. The highest BCUT2D eigenvalue weighted by Gasteiger charge is 2.43. The number of carbonyl (C=O) groups excluding carboxylic acids is 1. The number of hydrogen-bond donors (Lipinski definition) is 0. The van der Waals surface area contributed by atoms with Crippen LogP contribution in [0, 0.1) is 0 Å². The summed E-state index contributed by atoms with van der Waals surface area (Å²) in [6, 6.07) is 1.02. The summed E-state index contributed by atoms with van der Waals surface area (Å²) in [5, 5.41) is 0. The highest BCUT2D eigenvalue weighted by Crippen LogP contribution is 2.35. The van der Waals surface area contributed by atoms with Gasteiger partial charge < -0.3 is 0 Å². The molecular formula is C8H12BrNO. The van der Waals surface area contributed by atoms with Crippen LogP contribution in [0.2, 0.25) is 0 Å². The minimum atomic E-state index is 0.103. The Morgan fingerprint density at radius 3 is 3.00 bits per heavy atom. The minimum absolute atomic E-state index is 0.103. The number of hydrogen-bond acceptors (Lipinski definition) is 2. The first kappa shape index (κ1) is 7.74. The van der Waals surface area contributed by atoms with E-state index < -0.39 is 0 Å². The Bertz CT molecular complexity index is 195. The van der Waals surface area contributed by atoms with Crippen LogP contribution in [0.3, 0.4) is 0 Å². The van der Waals surface area contributed by atoms with Crippen LogP contribution in [0.4, 0.5) is 0 Å². The van der Waals surface area contributed by atoms with Crippen LogP contribution < -0.4 is 0 Å². The maximum absolute atomic E-state index is 11.3. The van der Waals surface area contributed by atoms with Crippen molar-refractivity contribution in [2.45, 2.75) is 36.2 Å². The van der Waals surface area contributed by atoms with Crippen molar-refractivity contribution < 1.29 is 4.79 Å². The molecule has 0 spiro atoms. The van der Waals surface area contributed by atoms with Gasteiger partial charge in [0.25, 0.3) is 0 Å². The first-order valence-electron chi connectivity index (χ1n) is 4.09. The Balaban J connectivity index is 2.22. The Labute approximate surface area is 75.1 Å². The van der Waals surface area contributed by atoms with Crippen molar-refractivity contribution >= 4 is 21.7 Å². The van der Waals surface area contributed by atoms with Crippen molar-refractivity contribution in [1.82, 2.24) is 4.90 Å². The highest BCUT2D eigenvalue weighted by molar-refractivity contribution is 9.10. The first-order chi connectivity index (χ1) is 5.20. The van der Waals surface area contributed by atoms with E-state index in [9.17, 15) is 4.79 Å². The Hall–Kier alpha value is 0.110. The molecule has 2 heterocycles. The molecule has 0 aromatic heterocycles. The quantitative estimate of drug-likeness (QED) is 0.569. The molecule has 2 aliphatic rings. The Morgan fingerprint density at radius 1 is 1.55 bits per heavy atom. The maximum atomic E-state index is 11.3. The lowest BCUT2D eigenvalue weighted by Crippen LogP contribution is -2.47. The summed E-state index contributed by atoms with van der Waals surface area (Å²) in [6.45, 7) is 0. The van der Waals surface area contributed by atoms with E-state index in [2.05, 4.69) is 27.9 Å². The zero-order valence-electron chi connectivity index (χ0n) is 6.59. The van der Waals surface area contributed by atoms with Gasteiger partial charge in [-0.3, -0.25) is 9.69 Å². The number of ketones is 1. The monoisotopic (exact) mass is 217 g/mol. The van der Waals surface area contributed by atoms with Crippen LogP contribution in [-0.2, 0) is 4.79 Å². The van der Waals surface area contributed by atoms with Gasteiger partial charge in [-0.05, 0) is 19.9 Å². The van der Waals surface area contributed by atoms with Gasteiger partial charge in [0.15, 0.2) is 0 Å². The number of piperidine rings is 1. The van der Waals surface area contributed by atoms with Gasteiger partial charge in [0, 0.05) is 18.5 Å². The average Bonchev–Trinajstić information content (AvgIpc) is 2.23. The van der Waals surface area contributed by atoms with E-state index in [-0.39, 0.29) is 4.83 Å². The summed E-state index contributed by atoms with van der Waals surface area (Å²) in [4.78, 5) is 13.8. The number of fused-ring (bicyclic) bond motifs is 2. The molecule has 3 heteroatoms. The van der Waals surface area contributed by atoms with E-state index in [0.717, 1.165) is 6.42 Å². The standard InChI is InChI=1S/C8H12BrNO/c1-10-5-2-3-6(10)8(9)7(11)4-5/h5-6,8H,2-4H2,1H3. The lowest BCUT2D eigenvalue weighted by molar-refractivity contribution is -0.122. The Kier molecular flexibility index (Phi) is 1.80. The molecule has 2 nitrogen and oxygen atoms in total. The van der Waals surface area contributed by atoms with E-state index in [4.69, 9.17) is 0 Å².